The monoisotopic (exact) mass is 210 g/mol. The summed E-state index contributed by atoms with van der Waals surface area (Å²) in [4.78, 5) is 0. The molecular formula is C13H22O2. The van der Waals surface area contributed by atoms with Crippen LogP contribution in [0, 0.1) is 0 Å². The van der Waals surface area contributed by atoms with Gasteiger partial charge in [-0.1, -0.05) is 12.3 Å². The van der Waals surface area contributed by atoms with Gasteiger partial charge in [-0.25, -0.2) is 0 Å². The van der Waals surface area contributed by atoms with Crippen molar-refractivity contribution < 1.29 is 9.47 Å². The minimum Gasteiger partial charge on any atom is -0.487 e. The lowest BCUT2D eigenvalue weighted by molar-refractivity contribution is 0.104. The van der Waals surface area contributed by atoms with Gasteiger partial charge < -0.3 is 9.47 Å². The molecule has 0 unspecified atom stereocenters. The molecule has 0 N–H and O–H groups in total. The molecule has 0 aromatic heterocycles. The number of allylic oxidation sites excluding steroid dienone is 1. The highest BCUT2D eigenvalue weighted by atomic mass is 16.5. The van der Waals surface area contributed by atoms with E-state index < -0.39 is 0 Å². The molecule has 0 amide bonds. The number of ether oxygens (including phenoxy) is 2. The van der Waals surface area contributed by atoms with Crippen molar-refractivity contribution >= 4 is 0 Å². The van der Waals surface area contributed by atoms with Crippen molar-refractivity contribution in [2.24, 2.45) is 0 Å². The molecule has 0 radical (unpaired) electrons. The summed E-state index contributed by atoms with van der Waals surface area (Å²) in [5, 5.41) is 0. The highest BCUT2D eigenvalue weighted by Crippen LogP contribution is 2.24. The Labute approximate surface area is 93.0 Å². The van der Waals surface area contributed by atoms with Crippen LogP contribution in [-0.4, -0.2) is 19.3 Å². The molecule has 0 heterocycles. The van der Waals surface area contributed by atoms with Crippen molar-refractivity contribution in [1.82, 2.24) is 0 Å². The molecule has 0 bridgehead atoms. The minimum absolute atomic E-state index is 0.418. The van der Waals surface area contributed by atoms with Gasteiger partial charge in [-0.05, 0) is 39.0 Å². The Hall–Kier alpha value is -0.720. The minimum atomic E-state index is 0.418. The van der Waals surface area contributed by atoms with Crippen LogP contribution < -0.4 is 0 Å². The molecule has 1 fully saturated rings. The van der Waals surface area contributed by atoms with Gasteiger partial charge in [0.2, 0.25) is 0 Å². The first kappa shape index (κ1) is 12.4. The van der Waals surface area contributed by atoms with Crippen molar-refractivity contribution in [3.05, 3.63) is 18.1 Å². The average molecular weight is 210 g/mol. The summed E-state index contributed by atoms with van der Waals surface area (Å²) in [6.07, 6.45) is 7.30. The van der Waals surface area contributed by atoms with Gasteiger partial charge in [-0.3, -0.25) is 0 Å². The molecule has 0 saturated heterocycles. The van der Waals surface area contributed by atoms with E-state index in [-0.39, 0.29) is 0 Å². The Morgan fingerprint density at radius 1 is 1.40 bits per heavy atom. The molecule has 1 saturated carbocycles. The van der Waals surface area contributed by atoms with Crippen LogP contribution in [-0.2, 0) is 9.47 Å². The van der Waals surface area contributed by atoms with E-state index in [1.165, 1.54) is 25.7 Å². The first-order valence-electron chi connectivity index (χ1n) is 6.00. The number of hydrogen-bond acceptors (Lipinski definition) is 2. The van der Waals surface area contributed by atoms with Gasteiger partial charge in [-0.2, -0.15) is 0 Å². The molecule has 1 rings (SSSR count). The molecule has 0 aliphatic heterocycles. The molecule has 0 spiro atoms. The van der Waals surface area contributed by atoms with Gasteiger partial charge in [0.25, 0.3) is 0 Å². The first-order valence-corrected chi connectivity index (χ1v) is 6.00. The summed E-state index contributed by atoms with van der Waals surface area (Å²) in [5.74, 6) is 0.918. The predicted molar refractivity (Wildman–Crippen MR) is 61.7 cm³/mol. The highest BCUT2D eigenvalue weighted by molar-refractivity contribution is 4.90. The summed E-state index contributed by atoms with van der Waals surface area (Å²) in [6, 6.07) is 0. The fourth-order valence-corrected chi connectivity index (χ4v) is 1.88. The van der Waals surface area contributed by atoms with Crippen LogP contribution in [0.2, 0.25) is 0 Å². The van der Waals surface area contributed by atoms with Gasteiger partial charge in [0.05, 0.1) is 6.10 Å². The van der Waals surface area contributed by atoms with Gasteiger partial charge in [0, 0.05) is 19.6 Å². The fourth-order valence-electron chi connectivity index (χ4n) is 1.88. The molecule has 2 heteroatoms. The second-order valence-corrected chi connectivity index (χ2v) is 3.92. The normalized spacial score (nSPS) is 16.3. The number of rotatable bonds is 7. The van der Waals surface area contributed by atoms with E-state index >= 15 is 0 Å². The summed E-state index contributed by atoms with van der Waals surface area (Å²) >= 11 is 0. The van der Waals surface area contributed by atoms with Crippen LogP contribution in [0.4, 0.5) is 0 Å². The predicted octanol–water partition coefficient (Wildman–Crippen LogP) is 3.43. The van der Waals surface area contributed by atoms with E-state index in [1.54, 1.807) is 0 Å². The Bertz CT molecular complexity index is 211. The fraction of sp³-hybridized carbons (Fsp3) is 0.769. The zero-order chi connectivity index (χ0) is 10.9. The number of hydrogen-bond donors (Lipinski definition) is 0. The van der Waals surface area contributed by atoms with Crippen molar-refractivity contribution in [3.8, 4) is 0 Å². The second kappa shape index (κ2) is 7.56. The van der Waals surface area contributed by atoms with Crippen LogP contribution in [0.1, 0.15) is 45.4 Å². The largest absolute Gasteiger partial charge is 0.487 e. The van der Waals surface area contributed by atoms with Crippen molar-refractivity contribution in [2.75, 3.05) is 13.2 Å². The third kappa shape index (κ3) is 5.06. The van der Waals surface area contributed by atoms with Crippen LogP contribution in [0.3, 0.4) is 0 Å². The highest BCUT2D eigenvalue weighted by Gasteiger charge is 2.16. The van der Waals surface area contributed by atoms with E-state index in [2.05, 4.69) is 12.3 Å². The molecule has 2 nitrogen and oxygen atoms in total. The van der Waals surface area contributed by atoms with Gasteiger partial charge in [-0.15, -0.1) is 0 Å². The lowest BCUT2D eigenvalue weighted by Crippen LogP contribution is -2.07. The van der Waals surface area contributed by atoms with Crippen molar-refractivity contribution in [1.29, 1.82) is 0 Å². The molecule has 1 aliphatic carbocycles. The lowest BCUT2D eigenvalue weighted by Gasteiger charge is -2.14. The zero-order valence-corrected chi connectivity index (χ0v) is 9.76. The Morgan fingerprint density at radius 2 is 2.13 bits per heavy atom. The Kier molecular flexibility index (Phi) is 6.22. The van der Waals surface area contributed by atoms with Crippen LogP contribution in [0.5, 0.6) is 0 Å². The Morgan fingerprint density at radius 3 is 2.73 bits per heavy atom. The quantitative estimate of drug-likeness (QED) is 0.364. The van der Waals surface area contributed by atoms with E-state index in [9.17, 15) is 0 Å². The van der Waals surface area contributed by atoms with E-state index in [0.717, 1.165) is 31.8 Å². The SMILES string of the molecule is C=C=C(CCCOCC)OC1CCCC1. The van der Waals surface area contributed by atoms with Crippen LogP contribution in [0.25, 0.3) is 0 Å². The average Bonchev–Trinajstić information content (AvgIpc) is 2.75. The summed E-state index contributed by atoms with van der Waals surface area (Å²) < 4.78 is 11.1. The topological polar surface area (TPSA) is 18.5 Å². The summed E-state index contributed by atoms with van der Waals surface area (Å²) in [5.41, 5.74) is 2.89. The second-order valence-electron chi connectivity index (χ2n) is 3.92. The van der Waals surface area contributed by atoms with E-state index in [0.29, 0.717) is 6.10 Å². The van der Waals surface area contributed by atoms with E-state index in [1.807, 2.05) is 6.92 Å². The molecule has 0 atom stereocenters. The smallest absolute Gasteiger partial charge is 0.138 e. The maximum atomic E-state index is 5.83. The Balaban J connectivity index is 2.15. The third-order valence-electron chi connectivity index (χ3n) is 2.70. The third-order valence-corrected chi connectivity index (χ3v) is 2.70. The standard InChI is InChI=1S/C13H22O2/c1-3-12(10-7-11-14-4-2)15-13-8-5-6-9-13/h13H,1,4-11H2,2H3. The van der Waals surface area contributed by atoms with Crippen molar-refractivity contribution in [2.45, 2.75) is 51.6 Å². The molecule has 15 heavy (non-hydrogen) atoms. The van der Waals surface area contributed by atoms with Gasteiger partial charge in [0.15, 0.2) is 0 Å². The molecule has 0 aromatic rings. The van der Waals surface area contributed by atoms with Crippen molar-refractivity contribution in [3.63, 3.8) is 0 Å². The maximum Gasteiger partial charge on any atom is 0.138 e. The first-order chi connectivity index (χ1) is 7.36. The van der Waals surface area contributed by atoms with Gasteiger partial charge >= 0.3 is 0 Å². The zero-order valence-electron chi connectivity index (χ0n) is 9.76. The maximum absolute atomic E-state index is 5.83. The molecule has 0 aromatic carbocycles. The lowest BCUT2D eigenvalue weighted by atomic mass is 10.2. The molecular weight excluding hydrogens is 188 g/mol. The molecule has 1 aliphatic rings. The van der Waals surface area contributed by atoms with Gasteiger partial charge in [0.1, 0.15) is 5.76 Å². The summed E-state index contributed by atoms with van der Waals surface area (Å²) in [7, 11) is 0. The molecule has 86 valence electrons. The van der Waals surface area contributed by atoms with Crippen LogP contribution >= 0.6 is 0 Å². The van der Waals surface area contributed by atoms with Crippen LogP contribution in [0.15, 0.2) is 18.1 Å². The van der Waals surface area contributed by atoms with E-state index in [4.69, 9.17) is 9.47 Å². The summed E-state index contributed by atoms with van der Waals surface area (Å²) in [6.45, 7) is 7.28.